The Kier molecular flexibility index (Phi) is 6.52. The van der Waals surface area contributed by atoms with Crippen LogP contribution in [0.4, 0.5) is 18.3 Å². The quantitative estimate of drug-likeness (QED) is 0.506. The smallest absolute Gasteiger partial charge is 0.345 e. The summed E-state index contributed by atoms with van der Waals surface area (Å²) in [5.41, 5.74) is 3.60. The van der Waals surface area contributed by atoms with E-state index in [2.05, 4.69) is 32.0 Å². The molecule has 1 fully saturated rings. The van der Waals surface area contributed by atoms with Crippen molar-refractivity contribution in [3.05, 3.63) is 75.8 Å². The van der Waals surface area contributed by atoms with Crippen molar-refractivity contribution in [2.24, 2.45) is 0 Å². The van der Waals surface area contributed by atoms with Crippen LogP contribution in [0.2, 0.25) is 0 Å². The number of sulfonamides is 1. The summed E-state index contributed by atoms with van der Waals surface area (Å²) >= 11 is 1.52. The van der Waals surface area contributed by atoms with E-state index in [-0.39, 0.29) is 18.0 Å². The van der Waals surface area contributed by atoms with Gasteiger partial charge < -0.3 is 4.90 Å². The Morgan fingerprint density at radius 2 is 1.67 bits per heavy atom. The maximum absolute atomic E-state index is 13.0. The Labute approximate surface area is 195 Å². The third kappa shape index (κ3) is 5.39. The lowest BCUT2D eigenvalue weighted by Crippen LogP contribution is -2.48. The lowest BCUT2D eigenvalue weighted by molar-refractivity contribution is -0.137. The topological polar surface area (TPSA) is 53.5 Å². The highest BCUT2D eigenvalue weighted by molar-refractivity contribution is 7.89. The second-order valence-electron chi connectivity index (χ2n) is 8.21. The van der Waals surface area contributed by atoms with Gasteiger partial charge in [-0.2, -0.15) is 17.5 Å². The number of hydrogen-bond acceptors (Lipinski definition) is 5. The van der Waals surface area contributed by atoms with E-state index in [1.165, 1.54) is 38.4 Å². The van der Waals surface area contributed by atoms with Gasteiger partial charge in [0, 0.05) is 38.0 Å². The second kappa shape index (κ2) is 9.08. The van der Waals surface area contributed by atoms with Gasteiger partial charge in [-0.15, -0.1) is 11.3 Å². The van der Waals surface area contributed by atoms with E-state index in [9.17, 15) is 21.6 Å². The molecule has 0 amide bonds. The van der Waals surface area contributed by atoms with E-state index in [0.29, 0.717) is 19.2 Å². The van der Waals surface area contributed by atoms with E-state index in [1.54, 1.807) is 0 Å². The number of aryl methyl sites for hydroxylation is 2. The minimum Gasteiger partial charge on any atom is -0.345 e. The van der Waals surface area contributed by atoms with Gasteiger partial charge in [-0.05, 0) is 37.6 Å². The van der Waals surface area contributed by atoms with Gasteiger partial charge in [0.2, 0.25) is 10.0 Å². The number of thiazole rings is 1. The number of hydrogen-bond donors (Lipinski definition) is 0. The number of rotatable bonds is 5. The maximum atomic E-state index is 13.0. The largest absolute Gasteiger partial charge is 0.416 e. The molecule has 0 N–H and O–H groups in total. The van der Waals surface area contributed by atoms with Crippen molar-refractivity contribution < 1.29 is 21.6 Å². The van der Waals surface area contributed by atoms with Gasteiger partial charge in [0.1, 0.15) is 0 Å². The van der Waals surface area contributed by atoms with E-state index in [1.807, 2.05) is 10.3 Å². The Balaban J connectivity index is 1.42. The molecule has 1 aliphatic heterocycles. The number of halogens is 3. The summed E-state index contributed by atoms with van der Waals surface area (Å²) in [6.45, 7) is 5.35. The summed E-state index contributed by atoms with van der Waals surface area (Å²) in [5, 5.41) is 2.84. The van der Waals surface area contributed by atoms with Crippen molar-refractivity contribution in [2.45, 2.75) is 31.3 Å². The van der Waals surface area contributed by atoms with E-state index < -0.39 is 21.8 Å². The summed E-state index contributed by atoms with van der Waals surface area (Å²) < 4.78 is 66.0. The fraction of sp³-hybridized carbons (Fsp3) is 0.348. The summed E-state index contributed by atoms with van der Waals surface area (Å²) in [5.74, 6) is 0. The summed E-state index contributed by atoms with van der Waals surface area (Å²) in [6, 6.07) is 10.3. The molecule has 0 aliphatic carbocycles. The molecule has 0 unspecified atom stereocenters. The first kappa shape index (κ1) is 23.7. The van der Waals surface area contributed by atoms with Gasteiger partial charge in [-0.3, -0.25) is 0 Å². The Morgan fingerprint density at radius 3 is 2.30 bits per heavy atom. The number of benzene rings is 2. The molecular weight excluding hydrogens is 471 g/mol. The predicted octanol–water partition coefficient (Wildman–Crippen LogP) is 4.88. The van der Waals surface area contributed by atoms with Gasteiger partial charge in [0.25, 0.3) is 0 Å². The van der Waals surface area contributed by atoms with Crippen molar-refractivity contribution >= 4 is 26.5 Å². The first-order valence-electron chi connectivity index (χ1n) is 10.5. The van der Waals surface area contributed by atoms with Crippen LogP contribution in [0.15, 0.2) is 52.7 Å². The highest BCUT2D eigenvalue weighted by atomic mass is 32.2. The zero-order valence-electron chi connectivity index (χ0n) is 18.3. The predicted molar refractivity (Wildman–Crippen MR) is 123 cm³/mol. The molecule has 33 heavy (non-hydrogen) atoms. The minimum atomic E-state index is -4.59. The molecule has 1 aromatic heterocycles. The lowest BCUT2D eigenvalue weighted by atomic mass is 10.0. The molecule has 1 aliphatic rings. The maximum Gasteiger partial charge on any atom is 0.416 e. The molecule has 0 radical (unpaired) electrons. The van der Waals surface area contributed by atoms with Gasteiger partial charge >= 0.3 is 6.18 Å². The van der Waals surface area contributed by atoms with Gasteiger partial charge in [-0.1, -0.05) is 35.4 Å². The molecule has 0 atom stereocenters. The van der Waals surface area contributed by atoms with Crippen LogP contribution in [0, 0.1) is 13.8 Å². The monoisotopic (exact) mass is 495 g/mol. The van der Waals surface area contributed by atoms with Crippen LogP contribution in [-0.2, 0) is 22.6 Å². The molecule has 0 bridgehead atoms. The van der Waals surface area contributed by atoms with Crippen LogP contribution in [0.1, 0.15) is 27.9 Å². The molecule has 2 aromatic carbocycles. The minimum absolute atomic E-state index is 0.185. The fourth-order valence-electron chi connectivity index (χ4n) is 4.00. The molecule has 2 heterocycles. The summed E-state index contributed by atoms with van der Waals surface area (Å²) in [6.07, 6.45) is -3.87. The van der Waals surface area contributed by atoms with Gasteiger partial charge in [0.05, 0.1) is 16.2 Å². The normalized spacial score (nSPS) is 15.7. The van der Waals surface area contributed by atoms with Crippen LogP contribution >= 0.6 is 11.3 Å². The number of aromatic nitrogens is 1. The molecule has 0 spiro atoms. The zero-order valence-corrected chi connectivity index (χ0v) is 19.9. The standard InChI is InChI=1S/C23H24F3N3O2S2/c1-16-10-17(2)12-18(11-16)13-20-15-32-22(27-20)28-6-8-29(9-7-28)33(30,31)21-5-3-4-19(14-21)23(24,25)26/h3-5,10-12,14-15H,6-9,13H2,1-2H3. The zero-order chi connectivity index (χ0) is 23.8. The SMILES string of the molecule is Cc1cc(C)cc(Cc2csc(N3CCN(S(=O)(=O)c4cccc(C(F)(F)F)c4)CC3)n2)c1. The summed E-state index contributed by atoms with van der Waals surface area (Å²) in [4.78, 5) is 6.41. The van der Waals surface area contributed by atoms with Crippen LogP contribution in [-0.4, -0.2) is 43.9 Å². The molecule has 1 saturated heterocycles. The van der Waals surface area contributed by atoms with Gasteiger partial charge in [-0.25, -0.2) is 13.4 Å². The number of alkyl halides is 3. The van der Waals surface area contributed by atoms with E-state index in [0.717, 1.165) is 29.4 Å². The first-order valence-corrected chi connectivity index (χ1v) is 12.8. The fourth-order valence-corrected chi connectivity index (χ4v) is 6.35. The molecule has 176 valence electrons. The first-order chi connectivity index (χ1) is 15.5. The summed E-state index contributed by atoms with van der Waals surface area (Å²) in [7, 11) is -4.00. The Hall–Kier alpha value is -2.43. The van der Waals surface area contributed by atoms with E-state index >= 15 is 0 Å². The highest BCUT2D eigenvalue weighted by Crippen LogP contribution is 2.32. The molecule has 5 nitrogen and oxygen atoms in total. The molecule has 0 saturated carbocycles. The van der Waals surface area contributed by atoms with Crippen molar-refractivity contribution in [3.8, 4) is 0 Å². The third-order valence-electron chi connectivity index (χ3n) is 5.51. The number of piperazine rings is 1. The molecule has 4 rings (SSSR count). The molecule has 3 aromatic rings. The number of anilines is 1. The van der Waals surface area contributed by atoms with E-state index in [4.69, 9.17) is 4.98 Å². The lowest BCUT2D eigenvalue weighted by Gasteiger charge is -2.33. The highest BCUT2D eigenvalue weighted by Gasteiger charge is 2.34. The number of nitrogens with zero attached hydrogens (tertiary/aromatic N) is 3. The Bertz CT molecular complexity index is 1230. The van der Waals surface area contributed by atoms with Crippen LogP contribution < -0.4 is 4.90 Å². The van der Waals surface area contributed by atoms with Crippen molar-refractivity contribution in [1.29, 1.82) is 0 Å². The molecule has 10 heteroatoms. The van der Waals surface area contributed by atoms with Crippen molar-refractivity contribution in [1.82, 2.24) is 9.29 Å². The molecular formula is C23H24F3N3O2S2. The van der Waals surface area contributed by atoms with Crippen LogP contribution in [0.5, 0.6) is 0 Å². The van der Waals surface area contributed by atoms with Crippen molar-refractivity contribution in [2.75, 3.05) is 31.1 Å². The van der Waals surface area contributed by atoms with Gasteiger partial charge in [0.15, 0.2) is 5.13 Å². The van der Waals surface area contributed by atoms with Crippen molar-refractivity contribution in [3.63, 3.8) is 0 Å². The second-order valence-corrected chi connectivity index (χ2v) is 11.0. The van der Waals surface area contributed by atoms with Crippen LogP contribution in [0.25, 0.3) is 0 Å². The van der Waals surface area contributed by atoms with Crippen LogP contribution in [0.3, 0.4) is 0 Å². The average molecular weight is 496 g/mol. The Morgan fingerprint density at radius 1 is 1.00 bits per heavy atom. The third-order valence-corrected chi connectivity index (χ3v) is 8.36. The average Bonchev–Trinajstić information content (AvgIpc) is 3.21.